The number of rotatable bonds is 5. The van der Waals surface area contributed by atoms with Gasteiger partial charge in [-0.3, -0.25) is 4.31 Å². The van der Waals surface area contributed by atoms with Crippen LogP contribution in [0.25, 0.3) is 0 Å². The van der Waals surface area contributed by atoms with Crippen molar-refractivity contribution >= 4 is 21.1 Å². The zero-order valence-electron chi connectivity index (χ0n) is 14.3. The molecule has 0 amide bonds. The topological polar surface area (TPSA) is 3.24 Å². The maximum atomic E-state index is 4.68. The predicted molar refractivity (Wildman–Crippen MR) is 102 cm³/mol. The summed E-state index contributed by atoms with van der Waals surface area (Å²) in [6.07, 6.45) is 9.49. The van der Waals surface area contributed by atoms with Gasteiger partial charge < -0.3 is 0 Å². The molecular formula is C20H31NS. The lowest BCUT2D eigenvalue weighted by Gasteiger charge is -2.47. The van der Waals surface area contributed by atoms with Crippen LogP contribution in [0.2, 0.25) is 0 Å². The molecule has 0 aromatic heterocycles. The van der Waals surface area contributed by atoms with Gasteiger partial charge in [0.1, 0.15) is 0 Å². The number of hydrogen-bond donors (Lipinski definition) is 0. The number of benzene rings is 1. The Bertz CT molecular complexity index is 593. The summed E-state index contributed by atoms with van der Waals surface area (Å²) in [5.41, 5.74) is 1.32. The molecule has 0 radical (unpaired) electrons. The van der Waals surface area contributed by atoms with Gasteiger partial charge in [-0.1, -0.05) is 49.2 Å². The van der Waals surface area contributed by atoms with Gasteiger partial charge in [-0.15, -0.1) is 9.39 Å². The summed E-state index contributed by atoms with van der Waals surface area (Å²) in [4.78, 5) is 1.35. The quantitative estimate of drug-likeness (QED) is 0.660. The van der Waals surface area contributed by atoms with Gasteiger partial charge >= 0.3 is 0 Å². The first-order chi connectivity index (χ1) is 10.5. The van der Waals surface area contributed by atoms with Crippen LogP contribution in [0.1, 0.15) is 57.4 Å². The van der Waals surface area contributed by atoms with E-state index in [9.17, 15) is 0 Å². The van der Waals surface area contributed by atoms with Crippen LogP contribution >= 0.6 is 9.39 Å². The molecule has 1 nitrogen and oxygen atoms in total. The summed E-state index contributed by atoms with van der Waals surface area (Å²) in [7, 11) is -1.37. The second kappa shape index (κ2) is 6.41. The molecule has 1 aromatic rings. The van der Waals surface area contributed by atoms with Crippen molar-refractivity contribution in [3.05, 3.63) is 29.8 Å². The first-order valence-corrected chi connectivity index (χ1v) is 10.8. The highest BCUT2D eigenvalue weighted by atomic mass is 32.2. The monoisotopic (exact) mass is 317 g/mol. The van der Waals surface area contributed by atoms with E-state index in [1.54, 1.807) is 0 Å². The Hall–Kier alpha value is -0.730. The Morgan fingerprint density at radius 2 is 1.77 bits per heavy atom. The van der Waals surface area contributed by atoms with Crippen LogP contribution in [-0.4, -0.2) is 28.1 Å². The van der Waals surface area contributed by atoms with Gasteiger partial charge in [-0.05, 0) is 57.1 Å². The Kier molecular flexibility index (Phi) is 4.70. The molecule has 122 valence electrons. The van der Waals surface area contributed by atoms with E-state index in [2.05, 4.69) is 54.2 Å². The summed E-state index contributed by atoms with van der Waals surface area (Å²) in [5.74, 6) is 10.3. The molecule has 1 unspecified atom stereocenters. The van der Waals surface area contributed by atoms with Crippen molar-refractivity contribution in [2.75, 3.05) is 0 Å². The van der Waals surface area contributed by atoms with Crippen LogP contribution in [-0.2, 0) is 0 Å². The number of piperidine rings is 1. The third-order valence-corrected chi connectivity index (χ3v) is 7.90. The maximum absolute atomic E-state index is 4.68. The van der Waals surface area contributed by atoms with Gasteiger partial charge in [-0.25, -0.2) is 0 Å². The third kappa shape index (κ3) is 3.14. The van der Waals surface area contributed by atoms with Gasteiger partial charge in [-0.2, -0.15) is 0 Å². The van der Waals surface area contributed by atoms with Crippen LogP contribution in [0.3, 0.4) is 0 Å². The van der Waals surface area contributed by atoms with Gasteiger partial charge in [0.15, 0.2) is 0 Å². The van der Waals surface area contributed by atoms with Crippen molar-refractivity contribution in [2.45, 2.75) is 75.8 Å². The molecule has 3 rings (SSSR count). The van der Waals surface area contributed by atoms with E-state index in [0.717, 1.165) is 12.0 Å². The summed E-state index contributed by atoms with van der Waals surface area (Å²) in [5, 5.41) is 0. The van der Waals surface area contributed by atoms with Gasteiger partial charge in [0.2, 0.25) is 0 Å². The number of aryl methyl sites for hydroxylation is 1. The van der Waals surface area contributed by atoms with Crippen LogP contribution < -0.4 is 0 Å². The largest absolute Gasteiger partial charge is 0.252 e. The molecule has 1 aliphatic heterocycles. The first-order valence-electron chi connectivity index (χ1n) is 8.88. The zero-order valence-corrected chi connectivity index (χ0v) is 15.1. The second-order valence-electron chi connectivity index (χ2n) is 7.29. The first kappa shape index (κ1) is 16.1. The fourth-order valence-electron chi connectivity index (χ4n) is 4.07. The fourth-order valence-corrected chi connectivity index (χ4v) is 6.54. The van der Waals surface area contributed by atoms with E-state index in [0.29, 0.717) is 6.04 Å². The highest BCUT2D eigenvalue weighted by Gasteiger charge is 2.41. The molecule has 1 saturated carbocycles. The summed E-state index contributed by atoms with van der Waals surface area (Å²) < 4.78 is 2.79. The van der Waals surface area contributed by atoms with E-state index in [1.807, 2.05) is 0 Å². The zero-order chi connectivity index (χ0) is 15.7. The van der Waals surface area contributed by atoms with Gasteiger partial charge in [0.05, 0.1) is 0 Å². The van der Waals surface area contributed by atoms with Crippen LogP contribution in [0.15, 0.2) is 29.2 Å². The minimum absolute atomic E-state index is 0.690. The molecular weight excluding hydrogens is 286 g/mol. The molecule has 2 atom stereocenters. The minimum Gasteiger partial charge on any atom is -0.252 e. The smallest absolute Gasteiger partial charge is 0.0227 e. The van der Waals surface area contributed by atoms with Crippen molar-refractivity contribution in [1.29, 1.82) is 0 Å². The molecule has 1 heterocycles. The van der Waals surface area contributed by atoms with E-state index in [-0.39, 0.29) is 0 Å². The lowest BCUT2D eigenvalue weighted by molar-refractivity contribution is 0.168. The van der Waals surface area contributed by atoms with Crippen molar-refractivity contribution in [3.8, 4) is 0 Å². The standard InChI is InChI=1S/C20H31NS/c1-5-7-18-8-6-9-20(17-12-13-17)21(18)22(3,4)19-14-10-16(2)11-15-19/h10-11,14-15,17-18,20H,3-9,12-13H2,1-2H3/t18-,20?/m0/s1. The van der Waals surface area contributed by atoms with Crippen LogP contribution in [0.4, 0.5) is 0 Å². The van der Waals surface area contributed by atoms with Gasteiger partial charge in [0, 0.05) is 17.0 Å². The van der Waals surface area contributed by atoms with Crippen molar-refractivity contribution < 1.29 is 0 Å². The summed E-state index contributed by atoms with van der Waals surface area (Å²) in [6.45, 7) is 4.47. The van der Waals surface area contributed by atoms with Crippen LogP contribution in [0.5, 0.6) is 0 Å². The normalized spacial score (nSPS) is 27.0. The molecule has 1 aliphatic carbocycles. The fraction of sp³-hybridized carbons (Fsp3) is 0.600. The van der Waals surface area contributed by atoms with Crippen LogP contribution in [0, 0.1) is 12.8 Å². The van der Waals surface area contributed by atoms with E-state index in [4.69, 9.17) is 0 Å². The van der Waals surface area contributed by atoms with E-state index >= 15 is 0 Å². The SMILES string of the molecule is C=S(=C)(c1ccc(C)cc1)N1C(C2CC2)CCC[C@@H]1CCC. The summed E-state index contributed by atoms with van der Waals surface area (Å²) in [6, 6.07) is 10.4. The lowest BCUT2D eigenvalue weighted by Crippen LogP contribution is -2.45. The molecule has 1 saturated heterocycles. The molecule has 2 heteroatoms. The molecule has 1 aromatic carbocycles. The molecule has 0 N–H and O–H groups in total. The highest BCUT2D eigenvalue weighted by Crippen LogP contribution is 2.50. The summed E-state index contributed by atoms with van der Waals surface area (Å²) >= 11 is 0. The van der Waals surface area contributed by atoms with Crippen molar-refractivity contribution in [2.24, 2.45) is 5.92 Å². The van der Waals surface area contributed by atoms with E-state index < -0.39 is 9.39 Å². The molecule has 2 aliphatic rings. The van der Waals surface area contributed by atoms with E-state index in [1.165, 1.54) is 55.4 Å². The number of nitrogens with zero attached hydrogens (tertiary/aromatic N) is 1. The Balaban J connectivity index is 1.96. The molecule has 0 bridgehead atoms. The second-order valence-corrected chi connectivity index (χ2v) is 9.87. The maximum Gasteiger partial charge on any atom is 0.0227 e. The predicted octanol–water partition coefficient (Wildman–Crippen LogP) is 5.37. The van der Waals surface area contributed by atoms with Crippen molar-refractivity contribution in [3.63, 3.8) is 0 Å². The Morgan fingerprint density at radius 3 is 2.36 bits per heavy atom. The third-order valence-electron chi connectivity index (χ3n) is 5.38. The van der Waals surface area contributed by atoms with Gasteiger partial charge in [0.25, 0.3) is 0 Å². The molecule has 2 fully saturated rings. The average Bonchev–Trinajstić information content (AvgIpc) is 3.32. The highest BCUT2D eigenvalue weighted by molar-refractivity contribution is 8.25. The minimum atomic E-state index is -1.37. The van der Waals surface area contributed by atoms with Crippen molar-refractivity contribution in [1.82, 2.24) is 4.31 Å². The average molecular weight is 318 g/mol. The number of hydrogen-bond acceptors (Lipinski definition) is 1. The molecule has 22 heavy (non-hydrogen) atoms. The molecule has 0 spiro atoms. The Labute approximate surface area is 137 Å². The lowest BCUT2D eigenvalue weighted by atomic mass is 9.93. The Morgan fingerprint density at radius 1 is 1.09 bits per heavy atom.